The Morgan fingerprint density at radius 3 is 2.85 bits per heavy atom. The van der Waals surface area contributed by atoms with Crippen molar-refractivity contribution in [3.8, 4) is 0 Å². The molecule has 0 aliphatic heterocycles. The third-order valence-corrected chi connectivity index (χ3v) is 4.54. The van der Waals surface area contributed by atoms with Gasteiger partial charge in [-0.1, -0.05) is 13.0 Å². The summed E-state index contributed by atoms with van der Waals surface area (Å²) in [5.41, 5.74) is 2.28. The van der Waals surface area contributed by atoms with Crippen LogP contribution in [0.25, 0.3) is 0 Å². The lowest BCUT2D eigenvalue weighted by Gasteiger charge is -2.37. The standard InChI is InChI=1S/C17H29N3/c1-13-8-9-17(18-3)15(10-13)11-20(4)12-16-7-5-6-14(2)19-16/h5-7,13,15,17-18H,8-12H2,1-4H3. The van der Waals surface area contributed by atoms with Crippen LogP contribution in [0.5, 0.6) is 0 Å². The van der Waals surface area contributed by atoms with E-state index in [1.807, 2.05) is 0 Å². The highest BCUT2D eigenvalue weighted by Gasteiger charge is 2.28. The summed E-state index contributed by atoms with van der Waals surface area (Å²) in [5, 5.41) is 3.51. The van der Waals surface area contributed by atoms with Crippen LogP contribution >= 0.6 is 0 Å². The molecule has 1 saturated carbocycles. The van der Waals surface area contributed by atoms with Crippen molar-refractivity contribution in [2.45, 2.75) is 45.7 Å². The zero-order chi connectivity index (χ0) is 14.5. The fraction of sp³-hybridized carbons (Fsp3) is 0.706. The Balaban J connectivity index is 1.90. The molecule has 1 aromatic rings. The molecular weight excluding hydrogens is 246 g/mol. The topological polar surface area (TPSA) is 28.2 Å². The van der Waals surface area contributed by atoms with Crippen molar-refractivity contribution in [1.29, 1.82) is 0 Å². The molecule has 0 bridgehead atoms. The van der Waals surface area contributed by atoms with E-state index in [1.54, 1.807) is 0 Å². The fourth-order valence-electron chi connectivity index (χ4n) is 3.51. The molecule has 0 radical (unpaired) electrons. The summed E-state index contributed by atoms with van der Waals surface area (Å²) >= 11 is 0. The molecule has 3 heteroatoms. The van der Waals surface area contributed by atoms with Crippen LogP contribution in [0.15, 0.2) is 18.2 Å². The molecular formula is C17H29N3. The van der Waals surface area contributed by atoms with Gasteiger partial charge in [0.1, 0.15) is 0 Å². The molecule has 3 nitrogen and oxygen atoms in total. The number of aryl methyl sites for hydroxylation is 1. The Morgan fingerprint density at radius 2 is 2.15 bits per heavy atom. The molecule has 1 aliphatic rings. The minimum Gasteiger partial charge on any atom is -0.317 e. The first-order valence-corrected chi connectivity index (χ1v) is 7.87. The Bertz CT molecular complexity index is 418. The highest BCUT2D eigenvalue weighted by Crippen LogP contribution is 2.29. The molecule has 0 aromatic carbocycles. The van der Waals surface area contributed by atoms with Gasteiger partial charge < -0.3 is 10.2 Å². The van der Waals surface area contributed by atoms with Crippen LogP contribution in [0.1, 0.15) is 37.6 Å². The second-order valence-corrected chi connectivity index (χ2v) is 6.54. The monoisotopic (exact) mass is 275 g/mol. The van der Waals surface area contributed by atoms with E-state index in [0.717, 1.165) is 30.6 Å². The maximum Gasteiger partial charge on any atom is 0.0547 e. The third-order valence-electron chi connectivity index (χ3n) is 4.54. The van der Waals surface area contributed by atoms with Gasteiger partial charge in [-0.15, -0.1) is 0 Å². The van der Waals surface area contributed by atoms with E-state index < -0.39 is 0 Å². The molecule has 0 amide bonds. The highest BCUT2D eigenvalue weighted by atomic mass is 15.1. The molecule has 1 heterocycles. The van der Waals surface area contributed by atoms with Crippen molar-refractivity contribution in [1.82, 2.24) is 15.2 Å². The van der Waals surface area contributed by atoms with Crippen molar-refractivity contribution in [3.63, 3.8) is 0 Å². The van der Waals surface area contributed by atoms with E-state index in [2.05, 4.69) is 61.3 Å². The average molecular weight is 275 g/mol. The number of pyridine rings is 1. The van der Waals surface area contributed by atoms with E-state index >= 15 is 0 Å². The Morgan fingerprint density at radius 1 is 1.35 bits per heavy atom. The van der Waals surface area contributed by atoms with Gasteiger partial charge in [-0.2, -0.15) is 0 Å². The average Bonchev–Trinajstić information content (AvgIpc) is 2.38. The maximum atomic E-state index is 4.60. The maximum absolute atomic E-state index is 4.60. The number of hydrogen-bond donors (Lipinski definition) is 1. The molecule has 112 valence electrons. The second-order valence-electron chi connectivity index (χ2n) is 6.54. The molecule has 20 heavy (non-hydrogen) atoms. The van der Waals surface area contributed by atoms with Crippen molar-refractivity contribution >= 4 is 0 Å². The first-order valence-electron chi connectivity index (χ1n) is 7.87. The molecule has 0 saturated heterocycles. The normalized spacial score (nSPS) is 26.9. The summed E-state index contributed by atoms with van der Waals surface area (Å²) < 4.78 is 0. The predicted molar refractivity (Wildman–Crippen MR) is 84.7 cm³/mol. The number of nitrogens with one attached hydrogen (secondary N) is 1. The van der Waals surface area contributed by atoms with Gasteiger partial charge in [0.25, 0.3) is 0 Å². The van der Waals surface area contributed by atoms with Crippen molar-refractivity contribution in [2.24, 2.45) is 11.8 Å². The predicted octanol–water partition coefficient (Wildman–Crippen LogP) is 2.85. The third kappa shape index (κ3) is 4.29. The lowest BCUT2D eigenvalue weighted by atomic mass is 9.78. The summed E-state index contributed by atoms with van der Waals surface area (Å²) in [7, 11) is 4.33. The lowest BCUT2D eigenvalue weighted by Crippen LogP contribution is -2.43. The SMILES string of the molecule is CNC1CCC(C)CC1CN(C)Cc1cccc(C)n1. The summed E-state index contributed by atoms with van der Waals surface area (Å²) in [6.45, 7) is 6.55. The van der Waals surface area contributed by atoms with E-state index in [0.29, 0.717) is 6.04 Å². The van der Waals surface area contributed by atoms with Crippen LogP contribution in [0.4, 0.5) is 0 Å². The summed E-state index contributed by atoms with van der Waals surface area (Å²) in [4.78, 5) is 7.03. The zero-order valence-electron chi connectivity index (χ0n) is 13.4. The summed E-state index contributed by atoms with van der Waals surface area (Å²) in [6.07, 6.45) is 4.03. The minimum atomic E-state index is 0.680. The molecule has 3 unspecified atom stereocenters. The summed E-state index contributed by atoms with van der Waals surface area (Å²) in [5.74, 6) is 1.63. The van der Waals surface area contributed by atoms with Crippen molar-refractivity contribution < 1.29 is 0 Å². The fourth-order valence-corrected chi connectivity index (χ4v) is 3.51. The van der Waals surface area contributed by atoms with Gasteiger partial charge in [-0.25, -0.2) is 0 Å². The lowest BCUT2D eigenvalue weighted by molar-refractivity contribution is 0.161. The molecule has 1 N–H and O–H groups in total. The van der Waals surface area contributed by atoms with Crippen LogP contribution < -0.4 is 5.32 Å². The Hall–Kier alpha value is -0.930. The Labute approximate surface area is 123 Å². The van der Waals surface area contributed by atoms with E-state index in [9.17, 15) is 0 Å². The van der Waals surface area contributed by atoms with Crippen LogP contribution in [-0.4, -0.2) is 36.6 Å². The van der Waals surface area contributed by atoms with E-state index in [1.165, 1.54) is 25.0 Å². The first kappa shape index (κ1) is 15.5. The van der Waals surface area contributed by atoms with Gasteiger partial charge in [-0.3, -0.25) is 4.98 Å². The van der Waals surface area contributed by atoms with Crippen LogP contribution in [0.3, 0.4) is 0 Å². The zero-order valence-corrected chi connectivity index (χ0v) is 13.4. The number of rotatable bonds is 5. The number of nitrogens with zero attached hydrogens (tertiary/aromatic N) is 2. The molecule has 1 aliphatic carbocycles. The molecule has 1 aromatic heterocycles. The van der Waals surface area contributed by atoms with Crippen LogP contribution in [0, 0.1) is 18.8 Å². The largest absolute Gasteiger partial charge is 0.317 e. The van der Waals surface area contributed by atoms with Crippen molar-refractivity contribution in [3.05, 3.63) is 29.6 Å². The van der Waals surface area contributed by atoms with Gasteiger partial charge >= 0.3 is 0 Å². The van der Waals surface area contributed by atoms with E-state index in [-0.39, 0.29) is 0 Å². The molecule has 2 rings (SSSR count). The van der Waals surface area contributed by atoms with Crippen molar-refractivity contribution in [2.75, 3.05) is 20.6 Å². The number of hydrogen-bond acceptors (Lipinski definition) is 3. The molecule has 0 spiro atoms. The van der Waals surface area contributed by atoms with Crippen LogP contribution in [0.2, 0.25) is 0 Å². The molecule has 3 atom stereocenters. The second kappa shape index (κ2) is 7.19. The number of aromatic nitrogens is 1. The van der Waals surface area contributed by atoms with Gasteiger partial charge in [0.15, 0.2) is 0 Å². The van der Waals surface area contributed by atoms with Gasteiger partial charge in [-0.05, 0) is 64.3 Å². The smallest absolute Gasteiger partial charge is 0.0547 e. The quantitative estimate of drug-likeness (QED) is 0.895. The van der Waals surface area contributed by atoms with Gasteiger partial charge in [0.05, 0.1) is 5.69 Å². The van der Waals surface area contributed by atoms with Crippen LogP contribution in [-0.2, 0) is 6.54 Å². The minimum absolute atomic E-state index is 0.680. The molecule has 1 fully saturated rings. The summed E-state index contributed by atoms with van der Waals surface area (Å²) in [6, 6.07) is 6.97. The van der Waals surface area contributed by atoms with Gasteiger partial charge in [0, 0.05) is 24.8 Å². The van der Waals surface area contributed by atoms with E-state index in [4.69, 9.17) is 0 Å². The highest BCUT2D eigenvalue weighted by molar-refractivity contribution is 5.09. The Kier molecular flexibility index (Phi) is 5.55. The van der Waals surface area contributed by atoms with Gasteiger partial charge in [0.2, 0.25) is 0 Å². The first-order chi connectivity index (χ1) is 9.58.